The van der Waals surface area contributed by atoms with Gasteiger partial charge >= 0.3 is 17.0 Å². The van der Waals surface area contributed by atoms with Crippen molar-refractivity contribution in [3.8, 4) is 0 Å². The topological polar surface area (TPSA) is 113 Å². The fourth-order valence-electron chi connectivity index (χ4n) is 1.33. The number of para-hydroxylation sites is 1. The number of hydrogen-bond donors (Lipinski definition) is 3. The zero-order chi connectivity index (χ0) is 16.9. The zero-order valence-electron chi connectivity index (χ0n) is 10.7. The lowest BCUT2D eigenvalue weighted by Gasteiger charge is -2.01. The van der Waals surface area contributed by atoms with Crippen LogP contribution in [0.1, 0.15) is 25.7 Å². The largest absolute Gasteiger partial charge is 0.478 e. The number of hydrogen-bond acceptors (Lipinski definition) is 5. The number of carboxylic acid groups (broad SMARTS) is 1. The third-order valence-electron chi connectivity index (χ3n) is 2.26. The van der Waals surface area contributed by atoms with Crippen LogP contribution in [0.5, 0.6) is 0 Å². The van der Waals surface area contributed by atoms with Gasteiger partial charge in [0.1, 0.15) is 10.6 Å². The van der Waals surface area contributed by atoms with Crippen molar-refractivity contribution in [3.05, 3.63) is 50.1 Å². The van der Waals surface area contributed by atoms with Crippen molar-refractivity contribution in [2.45, 2.75) is 6.18 Å². The molecule has 2 aromatic rings. The highest BCUT2D eigenvalue weighted by atomic mass is 32.1. The first kappa shape index (κ1) is 17.4. The summed E-state index contributed by atoms with van der Waals surface area (Å²) in [6.07, 6.45) is -4.67. The van der Waals surface area contributed by atoms with Gasteiger partial charge in [-0.15, -0.1) is 0 Å². The van der Waals surface area contributed by atoms with Crippen LogP contribution in [0.2, 0.25) is 0 Å². The number of aromatic carboxylic acids is 1. The van der Waals surface area contributed by atoms with Gasteiger partial charge in [0.05, 0.1) is 5.56 Å². The lowest BCUT2D eigenvalue weighted by Crippen LogP contribution is -2.10. The quantitative estimate of drug-likeness (QED) is 0.576. The number of thiazole rings is 1. The number of alkyl halides is 3. The van der Waals surface area contributed by atoms with Gasteiger partial charge in [-0.2, -0.15) is 13.2 Å². The number of nitrogens with one attached hydrogen (secondary N) is 1. The average Bonchev–Trinajstić information content (AvgIpc) is 2.81. The summed E-state index contributed by atoms with van der Waals surface area (Å²) in [5.41, 5.74) is 4.53. The van der Waals surface area contributed by atoms with Crippen molar-refractivity contribution in [1.29, 1.82) is 0 Å². The molecule has 22 heavy (non-hydrogen) atoms. The third kappa shape index (κ3) is 4.45. The number of anilines is 1. The van der Waals surface area contributed by atoms with E-state index in [1.807, 2.05) is 0 Å². The van der Waals surface area contributed by atoms with Crippen LogP contribution in [0.15, 0.2) is 29.1 Å². The number of rotatable bonds is 2. The molecule has 0 amide bonds. The highest BCUT2D eigenvalue weighted by molar-refractivity contribution is 7.11. The number of halogens is 3. The van der Waals surface area contributed by atoms with Crippen molar-refractivity contribution < 1.29 is 27.9 Å². The summed E-state index contributed by atoms with van der Waals surface area (Å²) in [5.74, 6) is -0.988. The minimum Gasteiger partial charge on any atom is -0.478 e. The number of carbonyl (C=O) groups excluding carboxylic acids is 1. The molecule has 0 unspecified atom stereocenters. The first-order valence-corrected chi connectivity index (χ1v) is 6.31. The molecule has 0 aliphatic rings. The highest BCUT2D eigenvalue weighted by Crippen LogP contribution is 2.30. The maximum Gasteiger partial charge on any atom is 0.432 e. The second-order valence-electron chi connectivity index (χ2n) is 3.76. The molecule has 1 aromatic heterocycles. The second kappa shape index (κ2) is 6.89. The van der Waals surface area contributed by atoms with E-state index in [4.69, 9.17) is 10.8 Å². The van der Waals surface area contributed by atoms with Crippen molar-refractivity contribution in [3.63, 3.8) is 0 Å². The molecule has 0 radical (unpaired) electrons. The van der Waals surface area contributed by atoms with E-state index in [1.54, 1.807) is 23.2 Å². The van der Waals surface area contributed by atoms with Gasteiger partial charge in [-0.05, 0) is 12.1 Å². The van der Waals surface area contributed by atoms with Gasteiger partial charge in [0.15, 0.2) is 6.29 Å². The summed E-state index contributed by atoms with van der Waals surface area (Å²) >= 11 is 0.242. The Morgan fingerprint density at radius 1 is 1.32 bits per heavy atom. The van der Waals surface area contributed by atoms with E-state index in [0.717, 1.165) is 0 Å². The highest BCUT2D eigenvalue weighted by Gasteiger charge is 2.36. The number of aromatic nitrogens is 1. The number of benzene rings is 1. The monoisotopic (exact) mass is 334 g/mol. The Morgan fingerprint density at radius 2 is 1.91 bits per heavy atom. The normalized spacial score (nSPS) is 10.5. The third-order valence-corrected chi connectivity index (χ3v) is 3.07. The lowest BCUT2D eigenvalue weighted by molar-refractivity contribution is -0.141. The molecule has 0 saturated heterocycles. The van der Waals surface area contributed by atoms with Crippen LogP contribution >= 0.6 is 11.3 Å². The Labute approximate surface area is 125 Å². The molecule has 0 aliphatic heterocycles. The van der Waals surface area contributed by atoms with Gasteiger partial charge in [0.25, 0.3) is 0 Å². The van der Waals surface area contributed by atoms with Gasteiger partial charge in [-0.1, -0.05) is 23.5 Å². The maximum absolute atomic E-state index is 11.9. The number of H-pyrrole nitrogens is 1. The molecule has 1 aromatic carbocycles. The summed E-state index contributed by atoms with van der Waals surface area (Å²) in [5, 5.41) is 8.49. The Balaban J connectivity index is 0.000000224. The smallest absolute Gasteiger partial charge is 0.432 e. The van der Waals surface area contributed by atoms with Crippen LogP contribution in [0.25, 0.3) is 0 Å². The lowest BCUT2D eigenvalue weighted by atomic mass is 10.2. The molecule has 0 bridgehead atoms. The van der Waals surface area contributed by atoms with Crippen molar-refractivity contribution in [1.82, 2.24) is 4.98 Å². The standard InChI is InChI=1S/C7H7NO2.C5H2F3NO2S/c8-6-4-2-1-3-5(6)7(9)10;6-5(7,8)3-2(1-10)12-4(11)9-3/h1-4H,8H2,(H,9,10);1H,(H,9,11). The minimum absolute atomic E-state index is 0.00535. The number of carbonyl (C=O) groups is 2. The van der Waals surface area contributed by atoms with E-state index in [9.17, 15) is 27.6 Å². The number of carboxylic acids is 1. The molecular formula is C12H9F3N2O4S. The fourth-order valence-corrected chi connectivity index (χ4v) is 2.00. The molecule has 0 aliphatic carbocycles. The maximum atomic E-state index is 11.9. The Kier molecular flexibility index (Phi) is 5.46. The second-order valence-corrected chi connectivity index (χ2v) is 4.78. The van der Waals surface area contributed by atoms with Crippen LogP contribution in [0.4, 0.5) is 18.9 Å². The molecule has 1 heterocycles. The predicted octanol–water partition coefficient (Wildman–Crippen LogP) is 2.23. The van der Waals surface area contributed by atoms with E-state index in [1.165, 1.54) is 6.07 Å². The molecular weight excluding hydrogens is 325 g/mol. The SMILES string of the molecule is Nc1ccccc1C(=O)O.O=Cc1sc(=O)[nH]c1C(F)(F)F. The molecule has 0 saturated carbocycles. The number of nitrogens with two attached hydrogens (primary N) is 1. The Bertz CT molecular complexity index is 736. The van der Waals surface area contributed by atoms with Gasteiger partial charge in [-0.3, -0.25) is 9.59 Å². The number of nitrogen functional groups attached to an aromatic ring is 1. The molecule has 118 valence electrons. The van der Waals surface area contributed by atoms with E-state index in [-0.39, 0.29) is 23.2 Å². The van der Waals surface area contributed by atoms with Crippen LogP contribution in [0, 0.1) is 0 Å². The summed E-state index contributed by atoms with van der Waals surface area (Å²) in [7, 11) is 0. The summed E-state index contributed by atoms with van der Waals surface area (Å²) in [6, 6.07) is 6.36. The van der Waals surface area contributed by atoms with E-state index in [2.05, 4.69) is 0 Å². The van der Waals surface area contributed by atoms with E-state index in [0.29, 0.717) is 5.69 Å². The van der Waals surface area contributed by atoms with Gasteiger partial charge in [0.2, 0.25) is 0 Å². The summed E-state index contributed by atoms with van der Waals surface area (Å²) < 4.78 is 35.8. The summed E-state index contributed by atoms with van der Waals surface area (Å²) in [6.45, 7) is 0. The van der Waals surface area contributed by atoms with Crippen LogP contribution in [-0.2, 0) is 6.18 Å². The molecule has 0 fully saturated rings. The number of aromatic amines is 1. The van der Waals surface area contributed by atoms with E-state index >= 15 is 0 Å². The summed E-state index contributed by atoms with van der Waals surface area (Å²) in [4.78, 5) is 30.8. The Morgan fingerprint density at radius 3 is 2.27 bits per heavy atom. The van der Waals surface area contributed by atoms with Crippen LogP contribution in [0.3, 0.4) is 0 Å². The molecule has 0 atom stereocenters. The average molecular weight is 334 g/mol. The van der Waals surface area contributed by atoms with Crippen LogP contribution in [-0.4, -0.2) is 22.3 Å². The molecule has 4 N–H and O–H groups in total. The van der Waals surface area contributed by atoms with Crippen molar-refractivity contribution in [2.24, 2.45) is 0 Å². The first-order valence-electron chi connectivity index (χ1n) is 5.50. The van der Waals surface area contributed by atoms with Gasteiger partial charge in [-0.25, -0.2) is 4.79 Å². The molecule has 2 rings (SSSR count). The molecule has 0 spiro atoms. The fraction of sp³-hybridized carbons (Fsp3) is 0.0833. The minimum atomic E-state index is -4.67. The van der Waals surface area contributed by atoms with Crippen LogP contribution < -0.4 is 10.6 Å². The van der Waals surface area contributed by atoms with Gasteiger partial charge in [0, 0.05) is 5.69 Å². The number of aldehydes is 1. The molecule has 10 heteroatoms. The van der Waals surface area contributed by atoms with Crippen molar-refractivity contribution in [2.75, 3.05) is 5.73 Å². The molecule has 6 nitrogen and oxygen atoms in total. The van der Waals surface area contributed by atoms with Crippen molar-refractivity contribution >= 4 is 29.3 Å². The predicted molar refractivity (Wildman–Crippen MR) is 73.1 cm³/mol. The zero-order valence-corrected chi connectivity index (χ0v) is 11.5. The first-order chi connectivity index (χ1) is 10.2. The Hall–Kier alpha value is -2.62. The van der Waals surface area contributed by atoms with E-state index < -0.39 is 27.6 Å². The van der Waals surface area contributed by atoms with Gasteiger partial charge < -0.3 is 15.8 Å².